The van der Waals surface area contributed by atoms with Gasteiger partial charge in [-0.25, -0.2) is 4.98 Å². The Morgan fingerprint density at radius 2 is 2.11 bits per heavy atom. The van der Waals surface area contributed by atoms with Crippen LogP contribution < -0.4 is 4.74 Å². The fraction of sp³-hybridized carbons (Fsp3) is 0.200. The van der Waals surface area contributed by atoms with Crippen molar-refractivity contribution in [2.24, 2.45) is 0 Å². The first-order chi connectivity index (χ1) is 9.30. The van der Waals surface area contributed by atoms with Crippen molar-refractivity contribution in [1.82, 2.24) is 15.0 Å². The van der Waals surface area contributed by atoms with Crippen LogP contribution in [0.1, 0.15) is 12.5 Å². The minimum absolute atomic E-state index is 0.783. The van der Waals surface area contributed by atoms with Gasteiger partial charge in [-0.2, -0.15) is 0 Å². The number of H-pyrrole nitrogens is 1. The van der Waals surface area contributed by atoms with E-state index in [1.165, 1.54) is 5.56 Å². The number of pyridine rings is 1. The Balaban J connectivity index is 2.04. The molecule has 4 heteroatoms. The number of benzene rings is 1. The number of aromatic nitrogens is 3. The second kappa shape index (κ2) is 4.72. The Labute approximate surface area is 111 Å². The van der Waals surface area contributed by atoms with Gasteiger partial charge in [0.05, 0.1) is 18.1 Å². The lowest BCUT2D eigenvalue weighted by Crippen LogP contribution is -1.87. The zero-order valence-corrected chi connectivity index (χ0v) is 11.0. The predicted molar refractivity (Wildman–Crippen MR) is 75.3 cm³/mol. The number of aryl methyl sites for hydroxylation is 1. The second-order valence-electron chi connectivity index (χ2n) is 4.37. The quantitative estimate of drug-likeness (QED) is 0.779. The first kappa shape index (κ1) is 11.7. The number of imidazole rings is 1. The number of hydrogen-bond donors (Lipinski definition) is 1. The average Bonchev–Trinajstić information content (AvgIpc) is 2.90. The monoisotopic (exact) mass is 253 g/mol. The summed E-state index contributed by atoms with van der Waals surface area (Å²) in [6.45, 7) is 2.12. The van der Waals surface area contributed by atoms with Gasteiger partial charge in [0.25, 0.3) is 0 Å². The molecule has 1 N–H and O–H groups in total. The van der Waals surface area contributed by atoms with Gasteiger partial charge in [0.1, 0.15) is 11.4 Å². The SMILES string of the molecule is CCc1ccc(-c2nc3ccc(OC)cc3[nH]2)nc1. The lowest BCUT2D eigenvalue weighted by molar-refractivity contribution is 0.415. The summed E-state index contributed by atoms with van der Waals surface area (Å²) in [6.07, 6.45) is 2.88. The summed E-state index contributed by atoms with van der Waals surface area (Å²) in [5.74, 6) is 1.60. The zero-order valence-electron chi connectivity index (χ0n) is 11.0. The molecule has 0 saturated carbocycles. The van der Waals surface area contributed by atoms with E-state index in [1.807, 2.05) is 30.5 Å². The number of aromatic amines is 1. The highest BCUT2D eigenvalue weighted by Crippen LogP contribution is 2.22. The van der Waals surface area contributed by atoms with Crippen molar-refractivity contribution < 1.29 is 4.74 Å². The van der Waals surface area contributed by atoms with E-state index >= 15 is 0 Å². The van der Waals surface area contributed by atoms with Gasteiger partial charge in [0, 0.05) is 12.3 Å². The molecule has 0 fully saturated rings. The summed E-state index contributed by atoms with van der Waals surface area (Å²) < 4.78 is 5.20. The maximum atomic E-state index is 5.20. The van der Waals surface area contributed by atoms with E-state index in [4.69, 9.17) is 4.74 Å². The highest BCUT2D eigenvalue weighted by Gasteiger charge is 2.07. The highest BCUT2D eigenvalue weighted by molar-refractivity contribution is 5.80. The van der Waals surface area contributed by atoms with E-state index in [-0.39, 0.29) is 0 Å². The lowest BCUT2D eigenvalue weighted by Gasteiger charge is -1.98. The molecule has 0 aliphatic heterocycles. The molecule has 2 aromatic heterocycles. The Morgan fingerprint density at radius 1 is 1.21 bits per heavy atom. The van der Waals surface area contributed by atoms with Gasteiger partial charge >= 0.3 is 0 Å². The number of rotatable bonds is 3. The molecule has 0 aliphatic carbocycles. The number of methoxy groups -OCH3 is 1. The van der Waals surface area contributed by atoms with Crippen LogP contribution in [0.3, 0.4) is 0 Å². The van der Waals surface area contributed by atoms with Crippen LogP contribution in [0, 0.1) is 0 Å². The van der Waals surface area contributed by atoms with Gasteiger partial charge in [-0.3, -0.25) is 4.98 Å². The fourth-order valence-electron chi connectivity index (χ4n) is 2.01. The molecule has 96 valence electrons. The van der Waals surface area contributed by atoms with Crippen molar-refractivity contribution >= 4 is 11.0 Å². The van der Waals surface area contributed by atoms with E-state index in [2.05, 4.69) is 27.9 Å². The van der Waals surface area contributed by atoms with Gasteiger partial charge in [-0.05, 0) is 30.2 Å². The topological polar surface area (TPSA) is 50.8 Å². The van der Waals surface area contributed by atoms with Crippen LogP contribution in [0.15, 0.2) is 36.5 Å². The van der Waals surface area contributed by atoms with Crippen LogP contribution in [0.4, 0.5) is 0 Å². The Kier molecular flexibility index (Phi) is 2.91. The average molecular weight is 253 g/mol. The molecular formula is C15H15N3O. The minimum atomic E-state index is 0.783. The molecule has 0 atom stereocenters. The number of ether oxygens (including phenoxy) is 1. The van der Waals surface area contributed by atoms with Crippen LogP contribution in [0.2, 0.25) is 0 Å². The van der Waals surface area contributed by atoms with Gasteiger partial charge < -0.3 is 9.72 Å². The van der Waals surface area contributed by atoms with Gasteiger partial charge in [0.2, 0.25) is 0 Å². The summed E-state index contributed by atoms with van der Waals surface area (Å²) >= 11 is 0. The molecule has 0 bridgehead atoms. The van der Waals surface area contributed by atoms with E-state index in [0.717, 1.165) is 34.7 Å². The minimum Gasteiger partial charge on any atom is -0.497 e. The normalized spacial score (nSPS) is 10.8. The smallest absolute Gasteiger partial charge is 0.157 e. The molecule has 3 aromatic rings. The van der Waals surface area contributed by atoms with Crippen molar-refractivity contribution in [2.45, 2.75) is 13.3 Å². The first-order valence-electron chi connectivity index (χ1n) is 6.29. The van der Waals surface area contributed by atoms with Crippen LogP contribution in [-0.4, -0.2) is 22.1 Å². The number of fused-ring (bicyclic) bond motifs is 1. The maximum Gasteiger partial charge on any atom is 0.157 e. The molecule has 2 heterocycles. The standard InChI is InChI=1S/C15H15N3O/c1-3-10-4-6-13(16-9-10)15-17-12-7-5-11(19-2)8-14(12)18-15/h4-9H,3H2,1-2H3,(H,17,18). The van der Waals surface area contributed by atoms with Crippen LogP contribution in [0.25, 0.3) is 22.6 Å². The van der Waals surface area contributed by atoms with Crippen LogP contribution >= 0.6 is 0 Å². The summed E-state index contributed by atoms with van der Waals surface area (Å²) in [6, 6.07) is 9.85. The second-order valence-corrected chi connectivity index (χ2v) is 4.37. The van der Waals surface area contributed by atoms with Gasteiger partial charge in [-0.15, -0.1) is 0 Å². The van der Waals surface area contributed by atoms with Crippen LogP contribution in [-0.2, 0) is 6.42 Å². The van der Waals surface area contributed by atoms with Gasteiger partial charge in [-0.1, -0.05) is 13.0 Å². The van der Waals surface area contributed by atoms with Crippen molar-refractivity contribution in [1.29, 1.82) is 0 Å². The van der Waals surface area contributed by atoms with Gasteiger partial charge in [0.15, 0.2) is 5.82 Å². The van der Waals surface area contributed by atoms with Crippen LogP contribution in [0.5, 0.6) is 5.75 Å². The third kappa shape index (κ3) is 2.17. The Hall–Kier alpha value is -2.36. The first-order valence-corrected chi connectivity index (χ1v) is 6.29. The van der Waals surface area contributed by atoms with E-state index in [9.17, 15) is 0 Å². The van der Waals surface area contributed by atoms with E-state index in [1.54, 1.807) is 7.11 Å². The largest absolute Gasteiger partial charge is 0.497 e. The molecule has 19 heavy (non-hydrogen) atoms. The van der Waals surface area contributed by atoms with E-state index < -0.39 is 0 Å². The van der Waals surface area contributed by atoms with Crippen molar-refractivity contribution in [3.05, 3.63) is 42.1 Å². The highest BCUT2D eigenvalue weighted by atomic mass is 16.5. The summed E-state index contributed by atoms with van der Waals surface area (Å²) in [5.41, 5.74) is 3.95. The number of nitrogens with zero attached hydrogens (tertiary/aromatic N) is 2. The summed E-state index contributed by atoms with van der Waals surface area (Å²) in [5, 5.41) is 0. The third-order valence-corrected chi connectivity index (χ3v) is 3.16. The van der Waals surface area contributed by atoms with Crippen molar-refractivity contribution in [2.75, 3.05) is 7.11 Å². The number of hydrogen-bond acceptors (Lipinski definition) is 3. The molecule has 3 rings (SSSR count). The molecule has 0 saturated heterocycles. The molecule has 1 aromatic carbocycles. The fourth-order valence-corrected chi connectivity index (χ4v) is 2.01. The van der Waals surface area contributed by atoms with Crippen molar-refractivity contribution in [3.63, 3.8) is 0 Å². The predicted octanol–water partition coefficient (Wildman–Crippen LogP) is 3.20. The summed E-state index contributed by atoms with van der Waals surface area (Å²) in [7, 11) is 1.66. The molecular weight excluding hydrogens is 238 g/mol. The summed E-state index contributed by atoms with van der Waals surface area (Å²) in [4.78, 5) is 12.2. The Morgan fingerprint density at radius 3 is 2.79 bits per heavy atom. The maximum absolute atomic E-state index is 5.20. The molecule has 0 radical (unpaired) electrons. The van der Waals surface area contributed by atoms with Crippen molar-refractivity contribution in [3.8, 4) is 17.3 Å². The Bertz CT molecular complexity index is 701. The van der Waals surface area contributed by atoms with E-state index in [0.29, 0.717) is 0 Å². The third-order valence-electron chi connectivity index (χ3n) is 3.16. The number of nitrogens with one attached hydrogen (secondary N) is 1. The molecule has 4 nitrogen and oxygen atoms in total. The molecule has 0 amide bonds. The zero-order chi connectivity index (χ0) is 13.2. The lowest BCUT2D eigenvalue weighted by atomic mass is 10.2. The molecule has 0 aliphatic rings. The molecule has 0 spiro atoms. The molecule has 0 unspecified atom stereocenters.